The predicted molar refractivity (Wildman–Crippen MR) is 64.3 cm³/mol. The second kappa shape index (κ2) is 8.02. The molecule has 0 fully saturated rings. The highest BCUT2D eigenvalue weighted by molar-refractivity contribution is 5.93. The molecule has 7 heteroatoms. The van der Waals surface area contributed by atoms with Crippen LogP contribution in [0, 0.1) is 5.92 Å². The minimum Gasteiger partial charge on any atom is -0.479 e. The molecule has 0 aliphatic rings. The van der Waals surface area contributed by atoms with Gasteiger partial charge in [0.1, 0.15) is 17.9 Å². The SMILES string of the molecule is CO[C@H](/C(=N/OCC(=O)O)C(O)C(C)O)C(C)C. The monoisotopic (exact) mass is 263 g/mol. The number of nitrogens with zero attached hydrogens (tertiary/aromatic N) is 1. The quantitative estimate of drug-likeness (QED) is 0.415. The maximum absolute atomic E-state index is 10.3. The summed E-state index contributed by atoms with van der Waals surface area (Å²) in [6, 6.07) is 0. The molecule has 0 aliphatic carbocycles. The van der Waals surface area contributed by atoms with Crippen LogP contribution in [0.3, 0.4) is 0 Å². The Morgan fingerprint density at radius 3 is 2.17 bits per heavy atom. The zero-order valence-corrected chi connectivity index (χ0v) is 11.0. The van der Waals surface area contributed by atoms with E-state index in [1.165, 1.54) is 14.0 Å². The summed E-state index contributed by atoms with van der Waals surface area (Å²) in [5.74, 6) is -1.20. The van der Waals surface area contributed by atoms with Crippen LogP contribution in [0.25, 0.3) is 0 Å². The molecule has 106 valence electrons. The van der Waals surface area contributed by atoms with E-state index in [-0.39, 0.29) is 11.6 Å². The lowest BCUT2D eigenvalue weighted by atomic mass is 9.96. The molecule has 3 atom stereocenters. The molecular formula is C11H21NO6. The number of aliphatic hydroxyl groups excluding tert-OH is 2. The third-order valence-electron chi connectivity index (χ3n) is 2.27. The number of ether oxygens (including phenoxy) is 1. The lowest BCUT2D eigenvalue weighted by Crippen LogP contribution is -2.42. The number of hydrogen-bond acceptors (Lipinski definition) is 6. The summed E-state index contributed by atoms with van der Waals surface area (Å²) < 4.78 is 5.17. The lowest BCUT2D eigenvalue weighted by Gasteiger charge is -2.25. The summed E-state index contributed by atoms with van der Waals surface area (Å²) in [6.45, 7) is 4.46. The molecule has 2 unspecified atom stereocenters. The van der Waals surface area contributed by atoms with Crippen LogP contribution < -0.4 is 0 Å². The van der Waals surface area contributed by atoms with Crippen molar-refractivity contribution in [1.29, 1.82) is 0 Å². The molecule has 18 heavy (non-hydrogen) atoms. The van der Waals surface area contributed by atoms with Gasteiger partial charge >= 0.3 is 5.97 Å². The first-order valence-corrected chi connectivity index (χ1v) is 5.61. The molecule has 0 aliphatic heterocycles. The summed E-state index contributed by atoms with van der Waals surface area (Å²) in [5.41, 5.74) is 0.0729. The number of carboxylic acid groups (broad SMARTS) is 1. The van der Waals surface area contributed by atoms with Crippen molar-refractivity contribution < 1.29 is 29.7 Å². The van der Waals surface area contributed by atoms with E-state index in [1.54, 1.807) is 0 Å². The lowest BCUT2D eigenvalue weighted by molar-refractivity contribution is -0.142. The highest BCUT2D eigenvalue weighted by Gasteiger charge is 2.29. The highest BCUT2D eigenvalue weighted by atomic mass is 16.6. The Morgan fingerprint density at radius 1 is 1.28 bits per heavy atom. The number of aliphatic carboxylic acids is 1. The third kappa shape index (κ3) is 5.44. The minimum atomic E-state index is -1.27. The molecule has 0 rings (SSSR count). The fraction of sp³-hybridized carbons (Fsp3) is 0.818. The molecule has 0 heterocycles. The zero-order chi connectivity index (χ0) is 14.3. The van der Waals surface area contributed by atoms with Crippen LogP contribution in [-0.2, 0) is 14.4 Å². The van der Waals surface area contributed by atoms with Crippen LogP contribution in [0.15, 0.2) is 5.16 Å². The Labute approximate surface area is 106 Å². The molecule has 0 aromatic heterocycles. The van der Waals surface area contributed by atoms with Gasteiger partial charge in [0.15, 0.2) is 0 Å². The van der Waals surface area contributed by atoms with Gasteiger partial charge in [-0.15, -0.1) is 0 Å². The van der Waals surface area contributed by atoms with Crippen molar-refractivity contribution in [1.82, 2.24) is 0 Å². The standard InChI is InChI=1S/C11H21NO6/c1-6(2)11(17-4)9(10(16)7(3)13)12-18-5-8(14)15/h6-7,10-11,13,16H,5H2,1-4H3,(H,14,15)/b12-9+/t7?,10?,11-/m0/s1. The van der Waals surface area contributed by atoms with Crippen LogP contribution in [0.4, 0.5) is 0 Å². The normalized spacial score (nSPS) is 17.4. The van der Waals surface area contributed by atoms with E-state index in [1.807, 2.05) is 13.8 Å². The second-order valence-electron chi connectivity index (χ2n) is 4.27. The first kappa shape index (κ1) is 16.8. The minimum absolute atomic E-state index is 0.0180. The topological polar surface area (TPSA) is 109 Å². The predicted octanol–water partition coefficient (Wildman–Crippen LogP) is -0.144. The Bertz CT molecular complexity index is 289. The Morgan fingerprint density at radius 2 is 1.83 bits per heavy atom. The van der Waals surface area contributed by atoms with Crippen LogP contribution in [-0.4, -0.2) is 59.0 Å². The average molecular weight is 263 g/mol. The summed E-state index contributed by atoms with van der Waals surface area (Å²) in [4.78, 5) is 14.9. The second-order valence-corrected chi connectivity index (χ2v) is 4.27. The molecule has 0 saturated heterocycles. The van der Waals surface area contributed by atoms with Crippen molar-refractivity contribution in [3.63, 3.8) is 0 Å². The van der Waals surface area contributed by atoms with Crippen LogP contribution in [0.5, 0.6) is 0 Å². The first-order valence-electron chi connectivity index (χ1n) is 5.61. The van der Waals surface area contributed by atoms with Gasteiger partial charge in [0.25, 0.3) is 0 Å². The van der Waals surface area contributed by atoms with Crippen molar-refractivity contribution in [3.05, 3.63) is 0 Å². The molecule has 0 spiro atoms. The molecule has 0 aromatic rings. The first-order chi connectivity index (χ1) is 8.31. The molecular weight excluding hydrogens is 242 g/mol. The van der Waals surface area contributed by atoms with Gasteiger partial charge in [0, 0.05) is 7.11 Å². The van der Waals surface area contributed by atoms with Crippen molar-refractivity contribution in [2.75, 3.05) is 13.7 Å². The smallest absolute Gasteiger partial charge is 0.344 e. The maximum atomic E-state index is 10.3. The van der Waals surface area contributed by atoms with E-state index in [9.17, 15) is 15.0 Å². The third-order valence-corrected chi connectivity index (χ3v) is 2.27. The summed E-state index contributed by atoms with van der Waals surface area (Å²) in [5, 5.41) is 31.2. The van der Waals surface area contributed by atoms with Crippen molar-refractivity contribution in [2.24, 2.45) is 11.1 Å². The average Bonchev–Trinajstić information content (AvgIpc) is 2.25. The van der Waals surface area contributed by atoms with Crippen LogP contribution in [0.2, 0.25) is 0 Å². The Hall–Kier alpha value is -1.18. The number of oxime groups is 1. The van der Waals surface area contributed by atoms with Gasteiger partial charge < -0.3 is 24.9 Å². The number of carbonyl (C=O) groups is 1. The van der Waals surface area contributed by atoms with Gasteiger partial charge in [0.05, 0.1) is 6.10 Å². The fourth-order valence-corrected chi connectivity index (χ4v) is 1.42. The van der Waals surface area contributed by atoms with Gasteiger partial charge in [-0.2, -0.15) is 0 Å². The Balaban J connectivity index is 4.96. The van der Waals surface area contributed by atoms with Crippen molar-refractivity contribution in [2.45, 2.75) is 39.1 Å². The molecule has 0 amide bonds. The van der Waals surface area contributed by atoms with Crippen molar-refractivity contribution in [3.8, 4) is 0 Å². The van der Waals surface area contributed by atoms with E-state index in [0.29, 0.717) is 0 Å². The molecule has 3 N–H and O–H groups in total. The van der Waals surface area contributed by atoms with Gasteiger partial charge in [-0.05, 0) is 12.8 Å². The summed E-state index contributed by atoms with van der Waals surface area (Å²) >= 11 is 0. The van der Waals surface area contributed by atoms with E-state index in [2.05, 4.69) is 9.99 Å². The van der Waals surface area contributed by atoms with Gasteiger partial charge in [-0.25, -0.2) is 4.79 Å². The van der Waals surface area contributed by atoms with Crippen LogP contribution in [0.1, 0.15) is 20.8 Å². The summed E-state index contributed by atoms with van der Waals surface area (Å²) in [7, 11) is 1.44. The number of rotatable bonds is 8. The number of methoxy groups -OCH3 is 1. The fourth-order valence-electron chi connectivity index (χ4n) is 1.42. The van der Waals surface area contributed by atoms with Gasteiger partial charge in [0.2, 0.25) is 6.61 Å². The van der Waals surface area contributed by atoms with Crippen LogP contribution >= 0.6 is 0 Å². The number of carboxylic acids is 1. The van der Waals surface area contributed by atoms with Crippen molar-refractivity contribution >= 4 is 11.7 Å². The summed E-state index contributed by atoms with van der Waals surface area (Å²) in [6.07, 6.45) is -2.90. The number of aliphatic hydroxyl groups is 2. The maximum Gasteiger partial charge on any atom is 0.344 e. The number of hydrogen-bond donors (Lipinski definition) is 3. The van der Waals surface area contributed by atoms with E-state index in [0.717, 1.165) is 0 Å². The van der Waals surface area contributed by atoms with E-state index in [4.69, 9.17) is 9.84 Å². The molecule has 0 aromatic carbocycles. The molecule has 0 bridgehead atoms. The largest absolute Gasteiger partial charge is 0.479 e. The van der Waals surface area contributed by atoms with E-state index >= 15 is 0 Å². The van der Waals surface area contributed by atoms with E-state index < -0.39 is 30.9 Å². The molecule has 7 nitrogen and oxygen atoms in total. The Kier molecular flexibility index (Phi) is 7.49. The van der Waals surface area contributed by atoms with Gasteiger partial charge in [-0.1, -0.05) is 19.0 Å². The highest BCUT2D eigenvalue weighted by Crippen LogP contribution is 2.13. The molecule has 0 radical (unpaired) electrons. The molecule has 0 saturated carbocycles. The zero-order valence-electron chi connectivity index (χ0n) is 11.0. The van der Waals surface area contributed by atoms with Gasteiger partial charge in [-0.3, -0.25) is 0 Å².